The van der Waals surface area contributed by atoms with E-state index in [9.17, 15) is 14.0 Å². The lowest BCUT2D eigenvalue weighted by atomic mass is 10.0. The summed E-state index contributed by atoms with van der Waals surface area (Å²) in [5.41, 5.74) is 0.820. The average Bonchev–Trinajstić information content (AvgIpc) is 3.13. The molecule has 1 heterocycles. The number of ether oxygens (including phenoxy) is 1. The zero-order valence-corrected chi connectivity index (χ0v) is 16.4. The van der Waals surface area contributed by atoms with Gasteiger partial charge in [0.05, 0.1) is 12.3 Å². The molecule has 0 saturated carbocycles. The van der Waals surface area contributed by atoms with Gasteiger partial charge in [-0.3, -0.25) is 4.79 Å². The summed E-state index contributed by atoms with van der Waals surface area (Å²) in [6.45, 7) is 8.04. The van der Waals surface area contributed by atoms with Crippen LogP contribution in [0, 0.1) is 11.7 Å². The van der Waals surface area contributed by atoms with Gasteiger partial charge in [0, 0.05) is 31.2 Å². The Kier molecular flexibility index (Phi) is 7.88. The minimum absolute atomic E-state index is 0.248. The topological polar surface area (TPSA) is 70.7 Å². The third-order valence-corrected chi connectivity index (χ3v) is 4.52. The average molecular weight is 379 g/mol. The second-order valence-electron chi connectivity index (χ2n) is 7.26. The van der Waals surface area contributed by atoms with E-state index >= 15 is 0 Å². The van der Waals surface area contributed by atoms with Crippen molar-refractivity contribution in [2.45, 2.75) is 46.1 Å². The van der Waals surface area contributed by atoms with Gasteiger partial charge >= 0.3 is 6.09 Å². The number of benzene rings is 1. The predicted octanol–water partition coefficient (Wildman–Crippen LogP) is 3.32. The maximum atomic E-state index is 14.4. The van der Waals surface area contributed by atoms with E-state index in [0.29, 0.717) is 18.0 Å². The van der Waals surface area contributed by atoms with Crippen molar-refractivity contribution in [1.82, 2.24) is 10.6 Å². The lowest BCUT2D eigenvalue weighted by molar-refractivity contribution is 0.0944. The standard InChI is InChI=1S/C20H30FN3O3/c1-4-27-20(26)23-16(11-14(2)3)13-22-19(25)15-7-8-18(17(21)12-15)24-9-5-6-10-24/h7-8,12,14,16H,4-6,9-11,13H2,1-3H3,(H,22,25)(H,23,26). The molecule has 1 aromatic carbocycles. The van der Waals surface area contributed by atoms with Crippen LogP contribution in [0.25, 0.3) is 0 Å². The fourth-order valence-electron chi connectivity index (χ4n) is 3.28. The molecule has 2 rings (SSSR count). The number of halogens is 1. The molecule has 1 aliphatic rings. The molecule has 150 valence electrons. The lowest BCUT2D eigenvalue weighted by Gasteiger charge is -2.21. The quantitative estimate of drug-likeness (QED) is 0.727. The lowest BCUT2D eigenvalue weighted by Crippen LogP contribution is -2.44. The van der Waals surface area contributed by atoms with Crippen LogP contribution in [-0.2, 0) is 4.74 Å². The van der Waals surface area contributed by atoms with Gasteiger partial charge in [-0.1, -0.05) is 13.8 Å². The van der Waals surface area contributed by atoms with Gasteiger partial charge in [0.25, 0.3) is 5.91 Å². The molecular formula is C20H30FN3O3. The molecule has 1 aliphatic heterocycles. The third-order valence-electron chi connectivity index (χ3n) is 4.52. The highest BCUT2D eigenvalue weighted by Crippen LogP contribution is 2.24. The number of rotatable bonds is 8. The van der Waals surface area contributed by atoms with E-state index in [2.05, 4.69) is 10.6 Å². The monoisotopic (exact) mass is 379 g/mol. The van der Waals surface area contributed by atoms with E-state index in [-0.39, 0.29) is 36.5 Å². The van der Waals surface area contributed by atoms with Crippen LogP contribution in [-0.4, -0.2) is 44.3 Å². The summed E-state index contributed by atoms with van der Waals surface area (Å²) in [6, 6.07) is 4.33. The number of alkyl carbamates (subject to hydrolysis) is 1. The van der Waals surface area contributed by atoms with Crippen LogP contribution in [0.2, 0.25) is 0 Å². The Balaban J connectivity index is 1.95. The zero-order chi connectivity index (χ0) is 19.8. The second kappa shape index (κ2) is 10.1. The van der Waals surface area contributed by atoms with E-state index in [0.717, 1.165) is 25.9 Å². The van der Waals surface area contributed by atoms with Gasteiger partial charge in [-0.2, -0.15) is 0 Å². The van der Waals surface area contributed by atoms with Crippen LogP contribution in [0.3, 0.4) is 0 Å². The summed E-state index contributed by atoms with van der Waals surface area (Å²) in [7, 11) is 0. The number of anilines is 1. The SMILES string of the molecule is CCOC(=O)NC(CNC(=O)c1ccc(N2CCCC2)c(F)c1)CC(C)C. The first-order valence-electron chi connectivity index (χ1n) is 9.66. The highest BCUT2D eigenvalue weighted by atomic mass is 19.1. The Bertz CT molecular complexity index is 645. The fourth-order valence-corrected chi connectivity index (χ4v) is 3.28. The maximum absolute atomic E-state index is 14.4. The molecule has 2 amide bonds. The molecule has 27 heavy (non-hydrogen) atoms. The van der Waals surface area contributed by atoms with Gasteiger partial charge < -0.3 is 20.3 Å². The highest BCUT2D eigenvalue weighted by molar-refractivity contribution is 5.94. The summed E-state index contributed by atoms with van der Waals surface area (Å²) in [4.78, 5) is 26.1. The van der Waals surface area contributed by atoms with Crippen molar-refractivity contribution >= 4 is 17.7 Å². The molecular weight excluding hydrogens is 349 g/mol. The van der Waals surface area contributed by atoms with E-state index in [1.807, 2.05) is 18.7 Å². The largest absolute Gasteiger partial charge is 0.450 e. The smallest absolute Gasteiger partial charge is 0.407 e. The number of nitrogens with one attached hydrogen (secondary N) is 2. The first-order valence-corrected chi connectivity index (χ1v) is 9.66. The summed E-state index contributed by atoms with van der Waals surface area (Å²) < 4.78 is 19.3. The molecule has 6 nitrogen and oxygen atoms in total. The Labute approximate surface area is 160 Å². The Morgan fingerprint density at radius 3 is 2.56 bits per heavy atom. The maximum Gasteiger partial charge on any atom is 0.407 e. The van der Waals surface area contributed by atoms with Crippen molar-refractivity contribution in [3.63, 3.8) is 0 Å². The van der Waals surface area contributed by atoms with E-state index < -0.39 is 6.09 Å². The van der Waals surface area contributed by atoms with Gasteiger partial charge in [-0.05, 0) is 50.3 Å². The van der Waals surface area contributed by atoms with Gasteiger partial charge in [-0.25, -0.2) is 9.18 Å². The minimum Gasteiger partial charge on any atom is -0.450 e. The van der Waals surface area contributed by atoms with Crippen LogP contribution in [0.15, 0.2) is 18.2 Å². The molecule has 0 aromatic heterocycles. The number of amides is 2. The fraction of sp³-hybridized carbons (Fsp3) is 0.600. The molecule has 0 spiro atoms. The predicted molar refractivity (Wildman–Crippen MR) is 104 cm³/mol. The molecule has 7 heteroatoms. The normalized spacial score (nSPS) is 14.9. The molecule has 1 unspecified atom stereocenters. The third kappa shape index (κ3) is 6.41. The Morgan fingerprint density at radius 1 is 1.26 bits per heavy atom. The van der Waals surface area contributed by atoms with E-state index in [1.54, 1.807) is 19.1 Å². The number of carbonyl (C=O) groups is 2. The number of hydrogen-bond acceptors (Lipinski definition) is 4. The van der Waals surface area contributed by atoms with Crippen molar-refractivity contribution in [1.29, 1.82) is 0 Å². The van der Waals surface area contributed by atoms with Gasteiger partial charge in [0.2, 0.25) is 0 Å². The first kappa shape index (κ1) is 21.0. The molecule has 0 radical (unpaired) electrons. The summed E-state index contributed by atoms with van der Waals surface area (Å²) in [5, 5.41) is 5.54. The molecule has 1 aromatic rings. The number of carbonyl (C=O) groups excluding carboxylic acids is 2. The Morgan fingerprint density at radius 2 is 1.96 bits per heavy atom. The zero-order valence-electron chi connectivity index (χ0n) is 16.4. The van der Waals surface area contributed by atoms with Gasteiger partial charge in [-0.15, -0.1) is 0 Å². The van der Waals surface area contributed by atoms with Crippen LogP contribution >= 0.6 is 0 Å². The number of nitrogens with zero attached hydrogens (tertiary/aromatic N) is 1. The Hall–Kier alpha value is -2.31. The van der Waals surface area contributed by atoms with Crippen LogP contribution < -0.4 is 15.5 Å². The van der Waals surface area contributed by atoms with Crippen molar-refractivity contribution in [2.24, 2.45) is 5.92 Å². The molecule has 1 fully saturated rings. The summed E-state index contributed by atoms with van der Waals surface area (Å²) in [5.74, 6) is -0.403. The van der Waals surface area contributed by atoms with Crippen molar-refractivity contribution in [2.75, 3.05) is 31.1 Å². The summed E-state index contributed by atoms with van der Waals surface area (Å²) >= 11 is 0. The molecule has 2 N–H and O–H groups in total. The molecule has 0 aliphatic carbocycles. The van der Waals surface area contributed by atoms with Gasteiger partial charge in [0.15, 0.2) is 0 Å². The van der Waals surface area contributed by atoms with Crippen molar-refractivity contribution in [3.05, 3.63) is 29.6 Å². The minimum atomic E-state index is -0.501. The second-order valence-corrected chi connectivity index (χ2v) is 7.26. The van der Waals surface area contributed by atoms with Crippen LogP contribution in [0.1, 0.15) is 50.4 Å². The summed E-state index contributed by atoms with van der Waals surface area (Å²) in [6.07, 6.45) is 2.32. The van der Waals surface area contributed by atoms with E-state index in [4.69, 9.17) is 4.74 Å². The van der Waals surface area contributed by atoms with Crippen LogP contribution in [0.4, 0.5) is 14.9 Å². The van der Waals surface area contributed by atoms with Crippen molar-refractivity contribution in [3.8, 4) is 0 Å². The molecule has 0 bridgehead atoms. The molecule has 1 atom stereocenters. The first-order chi connectivity index (χ1) is 12.9. The van der Waals surface area contributed by atoms with E-state index in [1.165, 1.54) is 6.07 Å². The highest BCUT2D eigenvalue weighted by Gasteiger charge is 2.19. The molecule has 1 saturated heterocycles. The van der Waals surface area contributed by atoms with Crippen molar-refractivity contribution < 1.29 is 18.7 Å². The van der Waals surface area contributed by atoms with Gasteiger partial charge in [0.1, 0.15) is 5.82 Å². The number of hydrogen-bond donors (Lipinski definition) is 2. The van der Waals surface area contributed by atoms with Crippen LogP contribution in [0.5, 0.6) is 0 Å².